The first kappa shape index (κ1) is 8.80. The molecule has 0 unspecified atom stereocenters. The number of nitrogens with two attached hydrogens (primary N) is 1. The molecule has 1 aromatic heterocycles. The highest BCUT2D eigenvalue weighted by atomic mass is 16.5. The van der Waals surface area contributed by atoms with Crippen molar-refractivity contribution in [2.75, 3.05) is 7.11 Å². The highest BCUT2D eigenvalue weighted by Gasteiger charge is 2.09. The fourth-order valence-electron chi connectivity index (χ4n) is 0.911. The average Bonchev–Trinajstić information content (AvgIpc) is 2.51. The largest absolute Gasteiger partial charge is 0.465 e. The molecule has 1 rings (SSSR count). The minimum Gasteiger partial charge on any atom is -0.465 e. The number of H-pyrrole nitrogens is 1. The van der Waals surface area contributed by atoms with E-state index in [1.807, 2.05) is 6.92 Å². The SMILES string of the molecule is COC(=O)c1c[nH]c([C@H](C)N)c1. The summed E-state index contributed by atoms with van der Waals surface area (Å²) >= 11 is 0. The Bertz CT molecular complexity index is 278. The molecule has 0 spiro atoms. The molecule has 4 heteroatoms. The third kappa shape index (κ3) is 1.65. The molecule has 0 fully saturated rings. The summed E-state index contributed by atoms with van der Waals surface area (Å²) in [4.78, 5) is 13.9. The van der Waals surface area contributed by atoms with Crippen LogP contribution in [0, 0.1) is 0 Å². The van der Waals surface area contributed by atoms with Crippen molar-refractivity contribution in [3.63, 3.8) is 0 Å². The topological polar surface area (TPSA) is 68.1 Å². The van der Waals surface area contributed by atoms with Gasteiger partial charge in [-0.3, -0.25) is 0 Å². The van der Waals surface area contributed by atoms with Crippen molar-refractivity contribution < 1.29 is 9.53 Å². The smallest absolute Gasteiger partial charge is 0.339 e. The number of rotatable bonds is 2. The van der Waals surface area contributed by atoms with E-state index in [2.05, 4.69) is 9.72 Å². The molecule has 0 aliphatic heterocycles. The van der Waals surface area contributed by atoms with Gasteiger partial charge in [-0.05, 0) is 13.0 Å². The molecule has 0 saturated heterocycles. The van der Waals surface area contributed by atoms with E-state index < -0.39 is 0 Å². The zero-order chi connectivity index (χ0) is 9.14. The molecular weight excluding hydrogens is 156 g/mol. The standard InChI is InChI=1S/C8H12N2O2/c1-5(9)7-3-6(4-10-7)8(11)12-2/h3-5,10H,9H2,1-2H3/t5-/m0/s1. The van der Waals surface area contributed by atoms with Crippen LogP contribution < -0.4 is 5.73 Å². The van der Waals surface area contributed by atoms with Crippen molar-refractivity contribution in [2.24, 2.45) is 5.73 Å². The van der Waals surface area contributed by atoms with Crippen LogP contribution in [0.25, 0.3) is 0 Å². The van der Waals surface area contributed by atoms with Gasteiger partial charge in [-0.15, -0.1) is 0 Å². The second-order valence-corrected chi connectivity index (χ2v) is 2.62. The van der Waals surface area contributed by atoms with E-state index in [9.17, 15) is 4.79 Å². The van der Waals surface area contributed by atoms with E-state index in [4.69, 9.17) is 5.73 Å². The summed E-state index contributed by atoms with van der Waals surface area (Å²) in [5, 5.41) is 0. The minimum absolute atomic E-state index is 0.0941. The molecule has 12 heavy (non-hydrogen) atoms. The first-order valence-electron chi connectivity index (χ1n) is 3.67. The van der Waals surface area contributed by atoms with Crippen molar-refractivity contribution in [3.8, 4) is 0 Å². The molecule has 0 radical (unpaired) electrons. The van der Waals surface area contributed by atoms with Gasteiger partial charge < -0.3 is 15.5 Å². The van der Waals surface area contributed by atoms with Gasteiger partial charge in [-0.2, -0.15) is 0 Å². The number of esters is 1. The monoisotopic (exact) mass is 168 g/mol. The molecular formula is C8H12N2O2. The number of carbonyl (C=O) groups is 1. The fourth-order valence-corrected chi connectivity index (χ4v) is 0.911. The Kier molecular flexibility index (Phi) is 2.50. The van der Waals surface area contributed by atoms with Crippen LogP contribution in [0.2, 0.25) is 0 Å². The van der Waals surface area contributed by atoms with Crippen LogP contribution in [-0.4, -0.2) is 18.1 Å². The van der Waals surface area contributed by atoms with Crippen LogP contribution in [0.4, 0.5) is 0 Å². The molecule has 0 saturated carbocycles. The predicted molar refractivity (Wildman–Crippen MR) is 44.7 cm³/mol. The summed E-state index contributed by atoms with van der Waals surface area (Å²) in [7, 11) is 1.35. The van der Waals surface area contributed by atoms with Crippen LogP contribution >= 0.6 is 0 Å². The summed E-state index contributed by atoms with van der Waals surface area (Å²) in [5.74, 6) is -0.349. The normalized spacial score (nSPS) is 12.6. The molecule has 4 nitrogen and oxygen atoms in total. The number of methoxy groups -OCH3 is 1. The third-order valence-electron chi connectivity index (χ3n) is 1.62. The van der Waals surface area contributed by atoms with Crippen LogP contribution in [0.3, 0.4) is 0 Å². The van der Waals surface area contributed by atoms with E-state index in [1.165, 1.54) is 7.11 Å². The Hall–Kier alpha value is -1.29. The van der Waals surface area contributed by atoms with Gasteiger partial charge in [0.25, 0.3) is 0 Å². The molecule has 0 amide bonds. The quantitative estimate of drug-likeness (QED) is 0.642. The molecule has 3 N–H and O–H groups in total. The van der Waals surface area contributed by atoms with Crippen molar-refractivity contribution in [1.29, 1.82) is 0 Å². The molecule has 1 heterocycles. The summed E-state index contributed by atoms with van der Waals surface area (Å²) < 4.78 is 4.53. The molecule has 0 bridgehead atoms. The Balaban J connectivity index is 2.84. The minimum atomic E-state index is -0.349. The van der Waals surface area contributed by atoms with Crippen molar-refractivity contribution in [1.82, 2.24) is 4.98 Å². The van der Waals surface area contributed by atoms with Crippen molar-refractivity contribution in [2.45, 2.75) is 13.0 Å². The summed E-state index contributed by atoms with van der Waals surface area (Å²) in [6, 6.07) is 1.60. The molecule has 0 aromatic carbocycles. The first-order chi connectivity index (χ1) is 5.65. The maximum Gasteiger partial charge on any atom is 0.339 e. The number of aromatic amines is 1. The zero-order valence-electron chi connectivity index (χ0n) is 7.13. The maximum atomic E-state index is 11.0. The summed E-state index contributed by atoms with van der Waals surface area (Å²) in [6.45, 7) is 1.84. The Morgan fingerprint density at radius 3 is 2.83 bits per heavy atom. The molecule has 0 aliphatic rings. The summed E-state index contributed by atoms with van der Waals surface area (Å²) in [5.41, 5.74) is 6.92. The highest BCUT2D eigenvalue weighted by Crippen LogP contribution is 2.10. The maximum absolute atomic E-state index is 11.0. The van der Waals surface area contributed by atoms with Crippen LogP contribution in [0.15, 0.2) is 12.3 Å². The lowest BCUT2D eigenvalue weighted by molar-refractivity contribution is 0.0601. The van der Waals surface area contributed by atoms with Gasteiger partial charge in [-0.1, -0.05) is 0 Å². The van der Waals surface area contributed by atoms with Crippen molar-refractivity contribution >= 4 is 5.97 Å². The fraction of sp³-hybridized carbons (Fsp3) is 0.375. The lowest BCUT2D eigenvalue weighted by Gasteiger charge is -1.98. The second kappa shape index (κ2) is 3.40. The number of aromatic nitrogens is 1. The van der Waals surface area contributed by atoms with E-state index in [0.29, 0.717) is 5.56 Å². The van der Waals surface area contributed by atoms with Crippen LogP contribution in [-0.2, 0) is 4.74 Å². The van der Waals surface area contributed by atoms with Crippen molar-refractivity contribution in [3.05, 3.63) is 23.5 Å². The molecule has 1 atom stereocenters. The van der Waals surface area contributed by atoms with Gasteiger partial charge in [-0.25, -0.2) is 4.79 Å². The van der Waals surface area contributed by atoms with Gasteiger partial charge >= 0.3 is 5.97 Å². The van der Waals surface area contributed by atoms with E-state index in [1.54, 1.807) is 12.3 Å². The van der Waals surface area contributed by atoms with Crippen LogP contribution in [0.5, 0.6) is 0 Å². The number of carbonyl (C=O) groups excluding carboxylic acids is 1. The predicted octanol–water partition coefficient (Wildman–Crippen LogP) is 0.821. The van der Waals surface area contributed by atoms with Gasteiger partial charge in [0.1, 0.15) is 0 Å². The molecule has 1 aromatic rings. The van der Waals surface area contributed by atoms with Gasteiger partial charge in [0, 0.05) is 17.9 Å². The Labute approximate surface area is 70.7 Å². The third-order valence-corrected chi connectivity index (χ3v) is 1.62. The number of ether oxygens (including phenoxy) is 1. The lowest BCUT2D eigenvalue weighted by Crippen LogP contribution is -2.05. The molecule has 0 aliphatic carbocycles. The van der Waals surface area contributed by atoms with Gasteiger partial charge in [0.05, 0.1) is 12.7 Å². The van der Waals surface area contributed by atoms with E-state index >= 15 is 0 Å². The highest BCUT2D eigenvalue weighted by molar-refractivity contribution is 5.89. The zero-order valence-corrected chi connectivity index (χ0v) is 7.13. The van der Waals surface area contributed by atoms with Gasteiger partial charge in [0.15, 0.2) is 0 Å². The summed E-state index contributed by atoms with van der Waals surface area (Å²) in [6.07, 6.45) is 1.59. The number of hydrogen-bond acceptors (Lipinski definition) is 3. The lowest BCUT2D eigenvalue weighted by atomic mass is 10.2. The van der Waals surface area contributed by atoms with Crippen LogP contribution in [0.1, 0.15) is 29.0 Å². The second-order valence-electron chi connectivity index (χ2n) is 2.62. The number of nitrogens with one attached hydrogen (secondary N) is 1. The van der Waals surface area contributed by atoms with E-state index in [0.717, 1.165) is 5.69 Å². The Morgan fingerprint density at radius 1 is 1.75 bits per heavy atom. The Morgan fingerprint density at radius 2 is 2.42 bits per heavy atom. The molecule has 66 valence electrons. The van der Waals surface area contributed by atoms with Gasteiger partial charge in [0.2, 0.25) is 0 Å². The average molecular weight is 168 g/mol. The first-order valence-corrected chi connectivity index (χ1v) is 3.67. The van der Waals surface area contributed by atoms with E-state index in [-0.39, 0.29) is 12.0 Å². The number of hydrogen-bond donors (Lipinski definition) is 2.